The highest BCUT2D eigenvalue weighted by Crippen LogP contribution is 2.40. The highest BCUT2D eigenvalue weighted by atomic mass is 16.3. The Bertz CT molecular complexity index is 1520. The molecule has 0 aliphatic carbocycles. The van der Waals surface area contributed by atoms with E-state index in [2.05, 4.69) is 104 Å². The van der Waals surface area contributed by atoms with Gasteiger partial charge < -0.3 is 4.42 Å². The Morgan fingerprint density at radius 2 is 1.20 bits per heavy atom. The zero-order chi connectivity index (χ0) is 20.1. The Kier molecular flexibility index (Phi) is 3.75. The lowest BCUT2D eigenvalue weighted by Gasteiger charge is -2.06. The van der Waals surface area contributed by atoms with Crippen LogP contribution in [0.25, 0.3) is 55.0 Å². The number of hydrogen-bond donors (Lipinski definition) is 0. The van der Waals surface area contributed by atoms with Crippen molar-refractivity contribution in [3.05, 3.63) is 109 Å². The Morgan fingerprint density at radius 3 is 2.03 bits per heavy atom. The molecule has 5 aromatic carbocycles. The van der Waals surface area contributed by atoms with Crippen molar-refractivity contribution in [2.75, 3.05) is 0 Å². The maximum atomic E-state index is 6.49. The quantitative estimate of drug-likeness (QED) is 0.292. The zero-order valence-electron chi connectivity index (χ0n) is 16.7. The number of hydrogen-bond acceptors (Lipinski definition) is 1. The molecule has 6 aromatic rings. The van der Waals surface area contributed by atoms with Crippen LogP contribution in [0, 0.1) is 6.92 Å². The van der Waals surface area contributed by atoms with Crippen molar-refractivity contribution in [3.8, 4) is 22.3 Å². The van der Waals surface area contributed by atoms with Gasteiger partial charge in [-0.15, -0.1) is 0 Å². The lowest BCUT2D eigenvalue weighted by atomic mass is 9.97. The summed E-state index contributed by atoms with van der Waals surface area (Å²) in [6, 6.07) is 36.5. The van der Waals surface area contributed by atoms with E-state index >= 15 is 0 Å². The average molecular weight is 384 g/mol. The van der Waals surface area contributed by atoms with Crippen LogP contribution in [0.3, 0.4) is 0 Å². The lowest BCUT2D eigenvalue weighted by Crippen LogP contribution is -1.81. The molecule has 1 aromatic heterocycles. The summed E-state index contributed by atoms with van der Waals surface area (Å²) >= 11 is 0. The van der Waals surface area contributed by atoms with Crippen molar-refractivity contribution >= 4 is 32.7 Å². The number of benzene rings is 5. The van der Waals surface area contributed by atoms with E-state index in [-0.39, 0.29) is 0 Å². The Hall–Kier alpha value is -3.84. The van der Waals surface area contributed by atoms with Crippen molar-refractivity contribution in [3.63, 3.8) is 0 Å². The highest BCUT2D eigenvalue weighted by Gasteiger charge is 2.16. The molecular weight excluding hydrogens is 364 g/mol. The monoisotopic (exact) mass is 384 g/mol. The SMILES string of the molecule is Cc1cc2ccccc2c2c1oc1c(-c3ccc(-c4ccccc4)cc3)cccc12. The van der Waals surface area contributed by atoms with E-state index in [0.717, 1.165) is 16.7 Å². The predicted octanol–water partition coefficient (Wildman–Crippen LogP) is 8.38. The van der Waals surface area contributed by atoms with Gasteiger partial charge in [0.05, 0.1) is 0 Å². The fourth-order valence-corrected chi connectivity index (χ4v) is 4.51. The van der Waals surface area contributed by atoms with Crippen LogP contribution >= 0.6 is 0 Å². The molecule has 0 fully saturated rings. The molecular formula is C29H20O. The minimum absolute atomic E-state index is 0.958. The number of rotatable bonds is 2. The van der Waals surface area contributed by atoms with Crippen LogP contribution in [0.2, 0.25) is 0 Å². The molecule has 0 unspecified atom stereocenters. The number of fused-ring (bicyclic) bond motifs is 5. The third kappa shape index (κ3) is 2.56. The molecule has 0 amide bonds. The van der Waals surface area contributed by atoms with Crippen molar-refractivity contribution in [2.45, 2.75) is 6.92 Å². The second-order valence-electron chi connectivity index (χ2n) is 7.85. The van der Waals surface area contributed by atoms with Crippen LogP contribution in [0.1, 0.15) is 5.56 Å². The minimum Gasteiger partial charge on any atom is -0.455 e. The predicted molar refractivity (Wildman–Crippen MR) is 127 cm³/mol. The largest absolute Gasteiger partial charge is 0.455 e. The summed E-state index contributed by atoms with van der Waals surface area (Å²) in [5, 5.41) is 4.88. The van der Waals surface area contributed by atoms with Gasteiger partial charge in [0.15, 0.2) is 0 Å². The molecule has 0 saturated heterocycles. The van der Waals surface area contributed by atoms with E-state index in [1.807, 2.05) is 6.07 Å². The molecule has 0 N–H and O–H groups in total. The summed E-state index contributed by atoms with van der Waals surface area (Å²) in [6.07, 6.45) is 0. The Morgan fingerprint density at radius 1 is 0.533 bits per heavy atom. The van der Waals surface area contributed by atoms with Crippen LogP contribution in [0.4, 0.5) is 0 Å². The average Bonchev–Trinajstić information content (AvgIpc) is 3.21. The molecule has 6 rings (SSSR count). The molecule has 30 heavy (non-hydrogen) atoms. The van der Waals surface area contributed by atoms with Crippen LogP contribution in [0.5, 0.6) is 0 Å². The van der Waals surface area contributed by atoms with Crippen LogP contribution in [0.15, 0.2) is 108 Å². The van der Waals surface area contributed by atoms with Crippen molar-refractivity contribution < 1.29 is 4.42 Å². The maximum Gasteiger partial charge on any atom is 0.143 e. The highest BCUT2D eigenvalue weighted by molar-refractivity contribution is 6.21. The van der Waals surface area contributed by atoms with Crippen LogP contribution < -0.4 is 0 Å². The van der Waals surface area contributed by atoms with Gasteiger partial charge in [-0.3, -0.25) is 0 Å². The molecule has 0 aliphatic heterocycles. The third-order valence-corrected chi connectivity index (χ3v) is 5.98. The van der Waals surface area contributed by atoms with E-state index in [1.165, 1.54) is 43.8 Å². The van der Waals surface area contributed by atoms with Gasteiger partial charge in [-0.05, 0) is 46.0 Å². The van der Waals surface area contributed by atoms with E-state index in [9.17, 15) is 0 Å². The van der Waals surface area contributed by atoms with E-state index < -0.39 is 0 Å². The molecule has 0 atom stereocenters. The van der Waals surface area contributed by atoms with Gasteiger partial charge in [-0.2, -0.15) is 0 Å². The van der Waals surface area contributed by atoms with E-state index in [4.69, 9.17) is 4.42 Å². The normalized spacial score (nSPS) is 11.5. The first-order chi connectivity index (χ1) is 14.8. The van der Waals surface area contributed by atoms with Crippen molar-refractivity contribution in [2.24, 2.45) is 0 Å². The smallest absolute Gasteiger partial charge is 0.143 e. The molecule has 142 valence electrons. The van der Waals surface area contributed by atoms with Gasteiger partial charge in [0, 0.05) is 16.3 Å². The standard InChI is InChI=1S/C29H20O/c1-19-18-23-10-5-6-11-24(23)27-26-13-7-12-25(29(26)30-28(19)27)22-16-14-21(15-17-22)20-8-3-2-4-9-20/h2-18H,1H3. The van der Waals surface area contributed by atoms with Gasteiger partial charge in [-0.1, -0.05) is 97.1 Å². The molecule has 0 spiro atoms. The molecule has 0 aliphatic rings. The topological polar surface area (TPSA) is 13.1 Å². The molecule has 1 nitrogen and oxygen atoms in total. The molecule has 0 saturated carbocycles. The maximum absolute atomic E-state index is 6.49. The van der Waals surface area contributed by atoms with Gasteiger partial charge in [0.1, 0.15) is 11.2 Å². The first-order valence-electron chi connectivity index (χ1n) is 10.3. The summed E-state index contributed by atoms with van der Waals surface area (Å²) in [5.74, 6) is 0. The summed E-state index contributed by atoms with van der Waals surface area (Å²) < 4.78 is 6.49. The summed E-state index contributed by atoms with van der Waals surface area (Å²) in [6.45, 7) is 2.13. The van der Waals surface area contributed by atoms with Crippen LogP contribution in [-0.2, 0) is 0 Å². The Labute approximate surface area is 175 Å². The van der Waals surface area contributed by atoms with E-state index in [0.29, 0.717) is 0 Å². The third-order valence-electron chi connectivity index (χ3n) is 5.98. The zero-order valence-corrected chi connectivity index (χ0v) is 16.7. The first-order valence-corrected chi connectivity index (χ1v) is 10.3. The minimum atomic E-state index is 0.958. The first kappa shape index (κ1) is 17.1. The van der Waals surface area contributed by atoms with Gasteiger partial charge in [-0.25, -0.2) is 0 Å². The molecule has 1 heteroatoms. The summed E-state index contributed by atoms with van der Waals surface area (Å²) in [4.78, 5) is 0. The molecule has 0 radical (unpaired) electrons. The van der Waals surface area contributed by atoms with Crippen molar-refractivity contribution in [1.29, 1.82) is 0 Å². The van der Waals surface area contributed by atoms with Crippen molar-refractivity contribution in [1.82, 2.24) is 0 Å². The second-order valence-corrected chi connectivity index (χ2v) is 7.85. The second kappa shape index (κ2) is 6.60. The van der Waals surface area contributed by atoms with Gasteiger partial charge in [0.2, 0.25) is 0 Å². The number of furan rings is 1. The van der Waals surface area contributed by atoms with Gasteiger partial charge in [0.25, 0.3) is 0 Å². The molecule has 1 heterocycles. The molecule has 0 bridgehead atoms. The fraction of sp³-hybridized carbons (Fsp3) is 0.0345. The van der Waals surface area contributed by atoms with Gasteiger partial charge >= 0.3 is 0 Å². The lowest BCUT2D eigenvalue weighted by molar-refractivity contribution is 0.667. The van der Waals surface area contributed by atoms with E-state index in [1.54, 1.807) is 0 Å². The van der Waals surface area contributed by atoms with Crippen LogP contribution in [-0.4, -0.2) is 0 Å². The fourth-order valence-electron chi connectivity index (χ4n) is 4.51. The summed E-state index contributed by atoms with van der Waals surface area (Å²) in [5.41, 5.74) is 7.86. The number of para-hydroxylation sites is 1. The summed E-state index contributed by atoms with van der Waals surface area (Å²) in [7, 11) is 0. The Balaban J connectivity index is 1.58. The number of aryl methyl sites for hydroxylation is 1.